The van der Waals surface area contributed by atoms with Crippen LogP contribution >= 0.6 is 0 Å². The molecule has 1 heteroatoms. The van der Waals surface area contributed by atoms with Gasteiger partial charge >= 0.3 is 0 Å². The maximum Gasteiger partial charge on any atom is 0.0721 e. The summed E-state index contributed by atoms with van der Waals surface area (Å²) >= 11 is 0. The monoisotopic (exact) mass is 190 g/mol. The predicted octanol–water partition coefficient (Wildman–Crippen LogP) is 3.56. The second-order valence-electron chi connectivity index (χ2n) is 3.26. The molecule has 14 heavy (non-hydrogen) atoms. The van der Waals surface area contributed by atoms with E-state index in [1.807, 2.05) is 18.2 Å². The average molecular weight is 190 g/mol. The number of allylic oxidation sites excluding steroid dienone is 1. The van der Waals surface area contributed by atoms with E-state index < -0.39 is 0 Å². The largest absolute Gasteiger partial charge is 0.373 e. The number of rotatable bonds is 6. The van der Waals surface area contributed by atoms with Crippen molar-refractivity contribution in [2.24, 2.45) is 0 Å². The van der Waals surface area contributed by atoms with Crippen molar-refractivity contribution in [1.29, 1.82) is 0 Å². The Morgan fingerprint density at radius 2 is 1.93 bits per heavy atom. The van der Waals surface area contributed by atoms with Crippen LogP contribution in [0.3, 0.4) is 0 Å². The molecule has 1 aromatic rings. The van der Waals surface area contributed by atoms with Crippen LogP contribution in [0.25, 0.3) is 0 Å². The standard InChI is InChI=1S/C13H18O/c1-2-3-4-8-11-14-12-13-9-6-5-7-10-13/h4-10H,2-3,11-12H2,1H3/b8-4+. The molecule has 1 nitrogen and oxygen atoms in total. The number of hydrogen-bond acceptors (Lipinski definition) is 1. The number of benzene rings is 1. The van der Waals surface area contributed by atoms with Crippen LogP contribution in [0, 0.1) is 0 Å². The van der Waals surface area contributed by atoms with Crippen molar-refractivity contribution >= 4 is 0 Å². The van der Waals surface area contributed by atoms with Gasteiger partial charge in [0.05, 0.1) is 13.2 Å². The molecule has 1 aromatic carbocycles. The highest BCUT2D eigenvalue weighted by Gasteiger charge is 1.88. The van der Waals surface area contributed by atoms with Gasteiger partial charge in [-0.1, -0.05) is 55.8 Å². The van der Waals surface area contributed by atoms with E-state index in [1.54, 1.807) is 0 Å². The highest BCUT2D eigenvalue weighted by molar-refractivity contribution is 5.13. The predicted molar refractivity (Wildman–Crippen MR) is 60.1 cm³/mol. The summed E-state index contributed by atoms with van der Waals surface area (Å²) in [5, 5.41) is 0. The Labute approximate surface area is 86.4 Å². The molecule has 0 fully saturated rings. The highest BCUT2D eigenvalue weighted by atomic mass is 16.5. The van der Waals surface area contributed by atoms with Gasteiger partial charge in [0.1, 0.15) is 0 Å². The molecule has 0 saturated heterocycles. The maximum atomic E-state index is 5.48. The molecule has 0 saturated carbocycles. The Morgan fingerprint density at radius 3 is 2.64 bits per heavy atom. The van der Waals surface area contributed by atoms with Crippen molar-refractivity contribution in [2.75, 3.05) is 6.61 Å². The van der Waals surface area contributed by atoms with E-state index in [1.165, 1.54) is 12.0 Å². The van der Waals surface area contributed by atoms with E-state index in [4.69, 9.17) is 4.74 Å². The second kappa shape index (κ2) is 7.34. The van der Waals surface area contributed by atoms with Crippen LogP contribution in [0.2, 0.25) is 0 Å². The molecule has 0 aliphatic heterocycles. The van der Waals surface area contributed by atoms with Gasteiger partial charge < -0.3 is 4.74 Å². The van der Waals surface area contributed by atoms with Gasteiger partial charge in [-0.25, -0.2) is 0 Å². The molecule has 0 aliphatic carbocycles. The molecule has 76 valence electrons. The number of ether oxygens (including phenoxy) is 1. The van der Waals surface area contributed by atoms with Crippen molar-refractivity contribution < 1.29 is 4.74 Å². The molecule has 0 unspecified atom stereocenters. The lowest BCUT2D eigenvalue weighted by molar-refractivity contribution is 0.148. The molecule has 0 spiro atoms. The first-order valence-electron chi connectivity index (χ1n) is 5.20. The van der Waals surface area contributed by atoms with Gasteiger partial charge in [0.15, 0.2) is 0 Å². The molecule has 0 heterocycles. The van der Waals surface area contributed by atoms with Crippen LogP contribution in [0.5, 0.6) is 0 Å². The molecular weight excluding hydrogens is 172 g/mol. The van der Waals surface area contributed by atoms with Crippen LogP contribution in [-0.2, 0) is 11.3 Å². The van der Waals surface area contributed by atoms with Gasteiger partial charge in [-0.3, -0.25) is 0 Å². The summed E-state index contributed by atoms with van der Waals surface area (Å²) < 4.78 is 5.48. The van der Waals surface area contributed by atoms with Crippen LogP contribution in [0.4, 0.5) is 0 Å². The van der Waals surface area contributed by atoms with Crippen molar-refractivity contribution in [1.82, 2.24) is 0 Å². The highest BCUT2D eigenvalue weighted by Crippen LogP contribution is 2.00. The zero-order valence-electron chi connectivity index (χ0n) is 8.78. The van der Waals surface area contributed by atoms with Crippen LogP contribution in [0.1, 0.15) is 25.3 Å². The Balaban J connectivity index is 2.10. The lowest BCUT2D eigenvalue weighted by Crippen LogP contribution is -1.91. The summed E-state index contributed by atoms with van der Waals surface area (Å²) in [6.07, 6.45) is 6.61. The van der Waals surface area contributed by atoms with E-state index in [0.717, 1.165) is 13.0 Å². The van der Waals surface area contributed by atoms with E-state index in [0.29, 0.717) is 6.61 Å². The van der Waals surface area contributed by atoms with Gasteiger partial charge in [0, 0.05) is 0 Å². The lowest BCUT2D eigenvalue weighted by atomic mass is 10.2. The maximum absolute atomic E-state index is 5.48. The SMILES string of the molecule is CCC/C=C/COCc1ccccc1. The van der Waals surface area contributed by atoms with Gasteiger partial charge in [-0.2, -0.15) is 0 Å². The molecule has 0 atom stereocenters. The summed E-state index contributed by atoms with van der Waals surface area (Å²) in [6, 6.07) is 10.2. The molecule has 0 radical (unpaired) electrons. The minimum atomic E-state index is 0.706. The van der Waals surface area contributed by atoms with E-state index in [2.05, 4.69) is 31.2 Å². The van der Waals surface area contributed by atoms with Crippen molar-refractivity contribution in [3.8, 4) is 0 Å². The van der Waals surface area contributed by atoms with E-state index >= 15 is 0 Å². The normalized spacial score (nSPS) is 10.9. The Morgan fingerprint density at radius 1 is 1.14 bits per heavy atom. The second-order valence-corrected chi connectivity index (χ2v) is 3.26. The fourth-order valence-electron chi connectivity index (χ4n) is 1.17. The number of unbranched alkanes of at least 4 members (excludes halogenated alkanes) is 1. The summed E-state index contributed by atoms with van der Waals surface area (Å²) in [7, 11) is 0. The smallest absolute Gasteiger partial charge is 0.0721 e. The van der Waals surface area contributed by atoms with E-state index in [9.17, 15) is 0 Å². The van der Waals surface area contributed by atoms with Crippen LogP contribution in [-0.4, -0.2) is 6.61 Å². The van der Waals surface area contributed by atoms with Gasteiger partial charge in [0.25, 0.3) is 0 Å². The summed E-state index contributed by atoms with van der Waals surface area (Å²) in [4.78, 5) is 0. The zero-order valence-corrected chi connectivity index (χ0v) is 8.78. The fourth-order valence-corrected chi connectivity index (χ4v) is 1.17. The van der Waals surface area contributed by atoms with Crippen molar-refractivity contribution in [3.63, 3.8) is 0 Å². The first-order chi connectivity index (χ1) is 6.93. The average Bonchev–Trinajstić information content (AvgIpc) is 2.25. The Kier molecular flexibility index (Phi) is 5.76. The van der Waals surface area contributed by atoms with Crippen LogP contribution < -0.4 is 0 Å². The number of hydrogen-bond donors (Lipinski definition) is 0. The molecule has 0 aliphatic rings. The molecule has 1 rings (SSSR count). The third-order valence-corrected chi connectivity index (χ3v) is 1.95. The van der Waals surface area contributed by atoms with Gasteiger partial charge in [-0.15, -0.1) is 0 Å². The third-order valence-electron chi connectivity index (χ3n) is 1.95. The lowest BCUT2D eigenvalue weighted by Gasteiger charge is -2.00. The molecule has 0 bridgehead atoms. The minimum absolute atomic E-state index is 0.706. The molecule has 0 N–H and O–H groups in total. The Hall–Kier alpha value is -1.08. The topological polar surface area (TPSA) is 9.23 Å². The minimum Gasteiger partial charge on any atom is -0.373 e. The van der Waals surface area contributed by atoms with Gasteiger partial charge in [0.2, 0.25) is 0 Å². The quantitative estimate of drug-likeness (QED) is 0.492. The zero-order chi connectivity index (χ0) is 10.1. The molecular formula is C13H18O. The van der Waals surface area contributed by atoms with Crippen LogP contribution in [0.15, 0.2) is 42.5 Å². The molecule has 0 aromatic heterocycles. The Bertz CT molecular complexity index is 251. The van der Waals surface area contributed by atoms with Gasteiger partial charge in [-0.05, 0) is 12.0 Å². The fraction of sp³-hybridized carbons (Fsp3) is 0.385. The first-order valence-corrected chi connectivity index (χ1v) is 5.20. The molecule has 0 amide bonds. The first kappa shape index (κ1) is 11.0. The summed E-state index contributed by atoms with van der Waals surface area (Å²) in [6.45, 7) is 3.60. The summed E-state index contributed by atoms with van der Waals surface area (Å²) in [5.41, 5.74) is 1.23. The summed E-state index contributed by atoms with van der Waals surface area (Å²) in [5.74, 6) is 0. The van der Waals surface area contributed by atoms with Crippen molar-refractivity contribution in [2.45, 2.75) is 26.4 Å². The third kappa shape index (κ3) is 4.83. The van der Waals surface area contributed by atoms with E-state index in [-0.39, 0.29) is 0 Å². The van der Waals surface area contributed by atoms with Crippen molar-refractivity contribution in [3.05, 3.63) is 48.0 Å².